The molecule has 36 heavy (non-hydrogen) atoms. The minimum absolute atomic E-state index is 0.0475. The van der Waals surface area contributed by atoms with Crippen molar-refractivity contribution in [1.82, 2.24) is 0 Å². The van der Waals surface area contributed by atoms with Crippen molar-refractivity contribution in [2.75, 3.05) is 20.3 Å². The Morgan fingerprint density at radius 3 is 2.72 bits per heavy atom. The third-order valence-electron chi connectivity index (χ3n) is 7.40. The number of rotatable bonds is 12. The summed E-state index contributed by atoms with van der Waals surface area (Å²) >= 11 is 0. The lowest BCUT2D eigenvalue weighted by molar-refractivity contribution is -0.140. The van der Waals surface area contributed by atoms with Crippen LogP contribution in [0.1, 0.15) is 37.7 Å². The van der Waals surface area contributed by atoms with E-state index < -0.39 is 6.10 Å². The Labute approximate surface area is 212 Å². The first-order valence-corrected chi connectivity index (χ1v) is 12.7. The number of esters is 1. The summed E-state index contributed by atoms with van der Waals surface area (Å²) in [5.74, 6) is 0.651. The third-order valence-corrected chi connectivity index (χ3v) is 7.40. The minimum Gasteiger partial charge on any atom is -0.491 e. The topological polar surface area (TPSA) is 65.0 Å². The molecule has 1 aliphatic heterocycles. The van der Waals surface area contributed by atoms with Crippen molar-refractivity contribution in [3.63, 3.8) is 0 Å². The molecule has 2 fully saturated rings. The summed E-state index contributed by atoms with van der Waals surface area (Å²) in [5.41, 5.74) is 0.897. The highest BCUT2D eigenvalue weighted by Crippen LogP contribution is 2.57. The summed E-state index contributed by atoms with van der Waals surface area (Å²) in [6.45, 7) is 0.779. The van der Waals surface area contributed by atoms with E-state index in [4.69, 9.17) is 14.2 Å². The van der Waals surface area contributed by atoms with E-state index in [2.05, 4.69) is 18.2 Å². The van der Waals surface area contributed by atoms with Gasteiger partial charge in [-0.1, -0.05) is 54.6 Å². The van der Waals surface area contributed by atoms with Crippen LogP contribution >= 0.6 is 0 Å². The van der Waals surface area contributed by atoms with E-state index in [0.717, 1.165) is 37.0 Å². The van der Waals surface area contributed by atoms with E-state index in [0.29, 0.717) is 13.0 Å². The Kier molecular flexibility index (Phi) is 8.94. The quantitative estimate of drug-likeness (QED) is 0.244. The van der Waals surface area contributed by atoms with Crippen molar-refractivity contribution in [2.24, 2.45) is 11.8 Å². The maximum absolute atomic E-state index is 13.7. The third kappa shape index (κ3) is 6.23. The number of aliphatic hydroxyl groups excluding tert-OH is 1. The van der Waals surface area contributed by atoms with Crippen LogP contribution in [0.15, 0.2) is 78.9 Å². The molecule has 4 rings (SSSR count). The van der Waals surface area contributed by atoms with Crippen LogP contribution < -0.4 is 4.74 Å². The monoisotopic (exact) mass is 494 g/mol. The second-order valence-electron chi connectivity index (χ2n) is 9.65. The van der Waals surface area contributed by atoms with Gasteiger partial charge in [0.25, 0.3) is 0 Å². The maximum Gasteiger partial charge on any atom is 0.305 e. The number of carbonyl (C=O) groups is 1. The number of para-hydroxylation sites is 1. The molecule has 2 aliphatic rings. The molecule has 0 radical (unpaired) electrons. The molecule has 0 aromatic heterocycles. The highest BCUT2D eigenvalue weighted by atomic mass is 19.1. The number of allylic oxidation sites excluding steroid dienone is 2. The molecule has 5 nitrogen and oxygen atoms in total. The van der Waals surface area contributed by atoms with Gasteiger partial charge in [-0.25, -0.2) is 4.39 Å². The van der Waals surface area contributed by atoms with Crippen molar-refractivity contribution >= 4 is 5.97 Å². The van der Waals surface area contributed by atoms with E-state index in [1.165, 1.54) is 19.2 Å². The van der Waals surface area contributed by atoms with Crippen LogP contribution in [-0.2, 0) is 19.7 Å². The highest BCUT2D eigenvalue weighted by molar-refractivity contribution is 5.69. The zero-order chi connectivity index (χ0) is 25.4. The highest BCUT2D eigenvalue weighted by Gasteiger charge is 2.58. The summed E-state index contributed by atoms with van der Waals surface area (Å²) in [7, 11) is 1.41. The number of ether oxygens (including phenoxy) is 3. The molecular formula is C30H35FO5. The first-order valence-electron chi connectivity index (χ1n) is 12.7. The molecule has 1 N–H and O–H groups in total. The summed E-state index contributed by atoms with van der Waals surface area (Å²) < 4.78 is 30.3. The fourth-order valence-electron chi connectivity index (χ4n) is 5.54. The molecule has 2 bridgehead atoms. The van der Waals surface area contributed by atoms with Gasteiger partial charge < -0.3 is 19.3 Å². The Hall–Kier alpha value is -2.96. The van der Waals surface area contributed by atoms with Gasteiger partial charge in [0.15, 0.2) is 0 Å². The van der Waals surface area contributed by atoms with Gasteiger partial charge in [0.05, 0.1) is 19.8 Å². The average Bonchev–Trinajstić information content (AvgIpc) is 3.47. The van der Waals surface area contributed by atoms with Crippen LogP contribution in [0.25, 0.3) is 0 Å². The Bertz CT molecular complexity index is 1040. The van der Waals surface area contributed by atoms with Crippen molar-refractivity contribution < 1.29 is 28.5 Å². The first-order chi connectivity index (χ1) is 17.5. The smallest absolute Gasteiger partial charge is 0.305 e. The Balaban J connectivity index is 1.45. The van der Waals surface area contributed by atoms with Crippen LogP contribution in [0.2, 0.25) is 0 Å². The number of unbranched alkanes of at least 4 members (excludes halogenated alkanes) is 1. The van der Waals surface area contributed by atoms with Gasteiger partial charge >= 0.3 is 5.97 Å². The van der Waals surface area contributed by atoms with Crippen molar-refractivity contribution in [2.45, 2.75) is 49.7 Å². The molecule has 1 heterocycles. The normalized spacial score (nSPS) is 26.0. The molecule has 0 amide bonds. The van der Waals surface area contributed by atoms with Crippen LogP contribution in [0.5, 0.6) is 5.75 Å². The summed E-state index contributed by atoms with van der Waals surface area (Å²) in [5, 5.41) is 10.5. The van der Waals surface area contributed by atoms with Crippen LogP contribution in [0.3, 0.4) is 0 Å². The van der Waals surface area contributed by atoms with Crippen LogP contribution in [0.4, 0.5) is 4.39 Å². The van der Waals surface area contributed by atoms with E-state index in [1.54, 1.807) is 0 Å². The average molecular weight is 495 g/mol. The zero-order valence-corrected chi connectivity index (χ0v) is 20.7. The lowest BCUT2D eigenvalue weighted by atomic mass is 9.69. The second kappa shape index (κ2) is 12.3. The summed E-state index contributed by atoms with van der Waals surface area (Å²) in [6, 6.07) is 16.2. The largest absolute Gasteiger partial charge is 0.491 e. The van der Waals surface area contributed by atoms with Gasteiger partial charge in [0, 0.05) is 17.8 Å². The van der Waals surface area contributed by atoms with E-state index in [9.17, 15) is 14.3 Å². The van der Waals surface area contributed by atoms with Crippen molar-refractivity contribution in [3.05, 3.63) is 90.3 Å². The fraction of sp³-hybridized carbons (Fsp3) is 0.433. The Morgan fingerprint density at radius 2 is 1.97 bits per heavy atom. The molecular weight excluding hydrogens is 459 g/mol. The number of halogens is 1. The number of fused-ring (bicyclic) bond motifs is 2. The van der Waals surface area contributed by atoms with Gasteiger partial charge in [-0.3, -0.25) is 4.79 Å². The van der Waals surface area contributed by atoms with Gasteiger partial charge in [-0.2, -0.15) is 0 Å². The lowest BCUT2D eigenvalue weighted by Gasteiger charge is -2.38. The lowest BCUT2D eigenvalue weighted by Crippen LogP contribution is -2.39. The van der Waals surface area contributed by atoms with E-state index in [-0.39, 0.29) is 41.7 Å². The van der Waals surface area contributed by atoms with Gasteiger partial charge in [0.1, 0.15) is 24.3 Å². The fourth-order valence-corrected chi connectivity index (χ4v) is 5.54. The number of methoxy groups -OCH3 is 1. The van der Waals surface area contributed by atoms with E-state index >= 15 is 0 Å². The standard InChI is InChI=1S/C30H35FO5/c1-34-29(33)12-8-3-2-7-11-27-26(18-17-24(32)20-35-25-9-5-4-6-10-25)28-19-30(27,21-36-28)22-13-15-23(31)16-14-22/h2,4-7,9-10,13-18,24,26-28,32H,3,8,11-12,19-21H2,1H3/t24-,26-,27-,28-,30-/m1/s1. The maximum atomic E-state index is 13.7. The van der Waals surface area contributed by atoms with Crippen LogP contribution in [-0.4, -0.2) is 43.6 Å². The summed E-state index contributed by atoms with van der Waals surface area (Å²) in [6.07, 6.45) is 11.2. The first kappa shape index (κ1) is 26.1. The van der Waals surface area contributed by atoms with Crippen molar-refractivity contribution in [1.29, 1.82) is 0 Å². The van der Waals surface area contributed by atoms with Gasteiger partial charge in [-0.15, -0.1) is 0 Å². The molecule has 2 aromatic carbocycles. The SMILES string of the molecule is COC(=O)CCCC=CC[C@@H]1[C@@H](C=C[C@@H](O)COc2ccccc2)[C@H]2C[C@]1(c1ccc(F)cc1)CO2. The Morgan fingerprint density at radius 1 is 1.19 bits per heavy atom. The van der Waals surface area contributed by atoms with Crippen molar-refractivity contribution in [3.8, 4) is 5.75 Å². The molecule has 0 unspecified atom stereocenters. The number of carbonyl (C=O) groups excluding carboxylic acids is 1. The minimum atomic E-state index is -0.736. The molecule has 1 saturated heterocycles. The molecule has 192 valence electrons. The van der Waals surface area contributed by atoms with E-state index in [1.807, 2.05) is 48.5 Å². The molecule has 1 aliphatic carbocycles. The number of benzene rings is 2. The summed E-state index contributed by atoms with van der Waals surface area (Å²) in [4.78, 5) is 11.3. The van der Waals surface area contributed by atoms with Gasteiger partial charge in [0.2, 0.25) is 0 Å². The molecule has 5 atom stereocenters. The molecule has 2 aromatic rings. The second-order valence-corrected chi connectivity index (χ2v) is 9.65. The van der Waals surface area contributed by atoms with Crippen LogP contribution in [0, 0.1) is 17.7 Å². The predicted molar refractivity (Wildman–Crippen MR) is 136 cm³/mol. The molecule has 6 heteroatoms. The van der Waals surface area contributed by atoms with Gasteiger partial charge in [-0.05, 0) is 61.4 Å². The number of aliphatic hydroxyl groups is 1. The number of hydrogen-bond donors (Lipinski definition) is 1. The number of hydrogen-bond acceptors (Lipinski definition) is 5. The molecule has 0 spiro atoms. The predicted octanol–water partition coefficient (Wildman–Crippen LogP) is 5.38. The zero-order valence-electron chi connectivity index (χ0n) is 20.7. The molecule has 1 saturated carbocycles.